The number of ether oxygens (including phenoxy) is 2. The van der Waals surface area contributed by atoms with E-state index < -0.39 is 17.8 Å². The van der Waals surface area contributed by atoms with Crippen molar-refractivity contribution in [2.24, 2.45) is 5.10 Å². The van der Waals surface area contributed by atoms with Crippen molar-refractivity contribution in [3.8, 4) is 11.5 Å². The maximum absolute atomic E-state index is 12.8. The number of esters is 1. The average Bonchev–Trinajstić information content (AvgIpc) is 2.92. The Morgan fingerprint density at radius 1 is 0.895 bits per heavy atom. The molecule has 2 N–H and O–H groups in total. The Morgan fingerprint density at radius 3 is 2.42 bits per heavy atom. The van der Waals surface area contributed by atoms with Crippen LogP contribution in [0, 0.1) is 0 Å². The van der Waals surface area contributed by atoms with Crippen molar-refractivity contribution < 1.29 is 23.9 Å². The minimum atomic E-state index is -1.04. The van der Waals surface area contributed by atoms with Gasteiger partial charge in [-0.1, -0.05) is 59.6 Å². The zero-order chi connectivity index (χ0) is 27.1. The van der Waals surface area contributed by atoms with Crippen molar-refractivity contribution in [3.05, 3.63) is 100 Å². The predicted octanol–water partition coefficient (Wildman–Crippen LogP) is 5.85. The van der Waals surface area contributed by atoms with Crippen molar-refractivity contribution in [1.82, 2.24) is 5.43 Å². The summed E-state index contributed by atoms with van der Waals surface area (Å²) in [5.41, 5.74) is 3.11. The molecule has 0 saturated carbocycles. The number of nitrogens with zero attached hydrogens (tertiary/aromatic N) is 1. The molecule has 0 atom stereocenters. The van der Waals surface area contributed by atoms with E-state index in [9.17, 15) is 14.4 Å². The fourth-order valence-corrected chi connectivity index (χ4v) is 3.84. The molecule has 0 radical (unpaired) electrons. The van der Waals surface area contributed by atoms with Gasteiger partial charge in [0.15, 0.2) is 0 Å². The maximum atomic E-state index is 12.8. The van der Waals surface area contributed by atoms with E-state index in [2.05, 4.69) is 15.8 Å². The molecule has 4 aromatic rings. The van der Waals surface area contributed by atoms with Crippen molar-refractivity contribution in [1.29, 1.82) is 0 Å². The largest absolute Gasteiger partial charge is 0.494 e. The van der Waals surface area contributed by atoms with Crippen LogP contribution in [0.3, 0.4) is 0 Å². The van der Waals surface area contributed by atoms with Gasteiger partial charge in [0.05, 0.1) is 34.1 Å². The standard InChI is InChI=1S/C28H21Cl2N3O5/c1-2-37-19-13-10-18(11-14-19)28(36)38-24-15-12-17-6-3-4-7-20(17)21(24)16-31-33-27(35)26(34)32-23-9-5-8-22(29)25(23)30/h3-16H,2H2,1H3,(H,32,34)(H,33,35)/b31-16+. The lowest BCUT2D eigenvalue weighted by Crippen LogP contribution is -2.32. The van der Waals surface area contributed by atoms with Crippen molar-refractivity contribution >= 4 is 63.7 Å². The normalized spacial score (nSPS) is 10.8. The molecule has 0 heterocycles. The summed E-state index contributed by atoms with van der Waals surface area (Å²) < 4.78 is 11.1. The summed E-state index contributed by atoms with van der Waals surface area (Å²) in [7, 11) is 0. The Labute approximate surface area is 228 Å². The number of amides is 2. The Kier molecular flexibility index (Phi) is 8.58. The van der Waals surface area contributed by atoms with E-state index in [1.165, 1.54) is 12.3 Å². The topological polar surface area (TPSA) is 106 Å². The van der Waals surface area contributed by atoms with Gasteiger partial charge in [0.1, 0.15) is 11.5 Å². The first-order valence-corrected chi connectivity index (χ1v) is 12.2. The van der Waals surface area contributed by atoms with Gasteiger partial charge in [0.2, 0.25) is 0 Å². The highest BCUT2D eigenvalue weighted by molar-refractivity contribution is 6.45. The number of carbonyl (C=O) groups excluding carboxylic acids is 3. The summed E-state index contributed by atoms with van der Waals surface area (Å²) in [4.78, 5) is 37.4. The van der Waals surface area contributed by atoms with Gasteiger partial charge in [-0.2, -0.15) is 5.10 Å². The predicted molar refractivity (Wildman–Crippen MR) is 147 cm³/mol. The highest BCUT2D eigenvalue weighted by atomic mass is 35.5. The number of carbonyl (C=O) groups is 3. The van der Waals surface area contributed by atoms with E-state index in [0.717, 1.165) is 10.8 Å². The lowest BCUT2D eigenvalue weighted by Gasteiger charge is -2.11. The second kappa shape index (κ2) is 12.2. The minimum Gasteiger partial charge on any atom is -0.494 e. The molecule has 0 bridgehead atoms. The second-order valence-electron chi connectivity index (χ2n) is 7.80. The third-order valence-electron chi connectivity index (χ3n) is 5.30. The summed E-state index contributed by atoms with van der Waals surface area (Å²) in [6.07, 6.45) is 1.31. The Balaban J connectivity index is 1.52. The van der Waals surface area contributed by atoms with Crippen LogP contribution in [-0.4, -0.2) is 30.6 Å². The molecule has 4 rings (SSSR count). The van der Waals surface area contributed by atoms with Gasteiger partial charge >= 0.3 is 17.8 Å². The molecule has 4 aromatic carbocycles. The molecular weight excluding hydrogens is 529 g/mol. The number of fused-ring (bicyclic) bond motifs is 1. The van der Waals surface area contributed by atoms with Crippen molar-refractivity contribution in [2.45, 2.75) is 6.92 Å². The molecule has 0 unspecified atom stereocenters. The van der Waals surface area contributed by atoms with Crippen LogP contribution in [0.1, 0.15) is 22.8 Å². The molecule has 0 aliphatic rings. The van der Waals surface area contributed by atoms with Crippen LogP contribution in [0.5, 0.6) is 11.5 Å². The highest BCUT2D eigenvalue weighted by Gasteiger charge is 2.17. The molecule has 10 heteroatoms. The van der Waals surface area contributed by atoms with Gasteiger partial charge in [-0.25, -0.2) is 10.2 Å². The monoisotopic (exact) mass is 549 g/mol. The van der Waals surface area contributed by atoms with Crippen LogP contribution < -0.4 is 20.2 Å². The van der Waals surface area contributed by atoms with Gasteiger partial charge in [-0.15, -0.1) is 0 Å². The highest BCUT2D eigenvalue weighted by Crippen LogP contribution is 2.30. The van der Waals surface area contributed by atoms with Gasteiger partial charge in [-0.3, -0.25) is 9.59 Å². The second-order valence-corrected chi connectivity index (χ2v) is 8.59. The number of benzene rings is 4. The molecule has 0 saturated heterocycles. The van der Waals surface area contributed by atoms with E-state index in [0.29, 0.717) is 23.5 Å². The van der Waals surface area contributed by atoms with Crippen LogP contribution in [0.2, 0.25) is 10.0 Å². The first-order chi connectivity index (χ1) is 18.4. The van der Waals surface area contributed by atoms with Crippen LogP contribution in [0.15, 0.2) is 84.0 Å². The third kappa shape index (κ3) is 6.29. The molecule has 0 aliphatic carbocycles. The lowest BCUT2D eigenvalue weighted by atomic mass is 10.0. The zero-order valence-electron chi connectivity index (χ0n) is 20.0. The molecule has 2 amide bonds. The van der Waals surface area contributed by atoms with Gasteiger partial charge < -0.3 is 14.8 Å². The lowest BCUT2D eigenvalue weighted by molar-refractivity contribution is -0.136. The van der Waals surface area contributed by atoms with Crippen molar-refractivity contribution in [2.75, 3.05) is 11.9 Å². The smallest absolute Gasteiger partial charge is 0.343 e. The summed E-state index contributed by atoms with van der Waals surface area (Å²) in [6, 6.07) is 22.0. The van der Waals surface area contributed by atoms with Crippen LogP contribution >= 0.6 is 23.2 Å². The fourth-order valence-electron chi connectivity index (χ4n) is 3.50. The van der Waals surface area contributed by atoms with E-state index >= 15 is 0 Å². The van der Waals surface area contributed by atoms with Gasteiger partial charge in [-0.05, 0) is 60.2 Å². The summed E-state index contributed by atoms with van der Waals surface area (Å²) in [5, 5.41) is 8.20. The molecule has 192 valence electrons. The molecular formula is C28H21Cl2N3O5. The first kappa shape index (κ1) is 26.7. The maximum Gasteiger partial charge on any atom is 0.343 e. The SMILES string of the molecule is CCOc1ccc(C(=O)Oc2ccc3ccccc3c2/C=N/NC(=O)C(=O)Nc2cccc(Cl)c2Cl)cc1. The zero-order valence-corrected chi connectivity index (χ0v) is 21.5. The third-order valence-corrected chi connectivity index (χ3v) is 6.12. The molecule has 0 spiro atoms. The minimum absolute atomic E-state index is 0.105. The summed E-state index contributed by atoms with van der Waals surface area (Å²) in [5.74, 6) is -1.76. The van der Waals surface area contributed by atoms with Crippen LogP contribution in [0.4, 0.5) is 5.69 Å². The van der Waals surface area contributed by atoms with E-state index in [1.807, 2.05) is 31.2 Å². The average molecular weight is 550 g/mol. The number of nitrogens with one attached hydrogen (secondary N) is 2. The quantitative estimate of drug-likeness (QED) is 0.0987. The molecule has 0 aliphatic heterocycles. The Morgan fingerprint density at radius 2 is 1.66 bits per heavy atom. The van der Waals surface area contributed by atoms with E-state index in [1.54, 1.807) is 48.5 Å². The number of halogens is 2. The van der Waals surface area contributed by atoms with Crippen LogP contribution in [0.25, 0.3) is 10.8 Å². The number of rotatable bonds is 7. The number of hydrogen-bond acceptors (Lipinski definition) is 6. The molecule has 38 heavy (non-hydrogen) atoms. The van der Waals surface area contributed by atoms with Crippen molar-refractivity contribution in [3.63, 3.8) is 0 Å². The fraction of sp³-hybridized carbons (Fsp3) is 0.0714. The van der Waals surface area contributed by atoms with Gasteiger partial charge in [0, 0.05) is 5.56 Å². The number of hydrazone groups is 1. The summed E-state index contributed by atoms with van der Waals surface area (Å²) >= 11 is 12.0. The number of anilines is 1. The van der Waals surface area contributed by atoms with Crippen LogP contribution in [-0.2, 0) is 9.59 Å². The first-order valence-electron chi connectivity index (χ1n) is 11.4. The Bertz CT molecular complexity index is 1540. The van der Waals surface area contributed by atoms with Gasteiger partial charge in [0.25, 0.3) is 0 Å². The molecule has 8 nitrogen and oxygen atoms in total. The number of hydrogen-bond donors (Lipinski definition) is 2. The molecule has 0 fully saturated rings. The van der Waals surface area contributed by atoms with E-state index in [-0.39, 0.29) is 21.5 Å². The van der Waals surface area contributed by atoms with E-state index in [4.69, 9.17) is 32.7 Å². The Hall–Kier alpha value is -4.40. The summed E-state index contributed by atoms with van der Waals surface area (Å²) in [6.45, 7) is 2.38. The molecule has 0 aromatic heterocycles.